The molecular formula is C15H20O3S. The molecule has 1 aliphatic carbocycles. The number of carbonyl (C=O) groups is 1. The van der Waals surface area contributed by atoms with Crippen LogP contribution in [0.5, 0.6) is 5.75 Å². The molecule has 1 aliphatic rings. The van der Waals surface area contributed by atoms with Crippen molar-refractivity contribution in [3.63, 3.8) is 0 Å². The summed E-state index contributed by atoms with van der Waals surface area (Å²) in [5.41, 5.74) is 2.62. The van der Waals surface area contributed by atoms with E-state index in [1.165, 1.54) is 11.1 Å². The zero-order valence-electron chi connectivity index (χ0n) is 11.5. The number of methoxy groups -OCH3 is 1. The van der Waals surface area contributed by atoms with Crippen molar-refractivity contribution in [2.75, 3.05) is 19.5 Å². The van der Waals surface area contributed by atoms with Crippen LogP contribution in [0.4, 0.5) is 0 Å². The summed E-state index contributed by atoms with van der Waals surface area (Å²) in [6.45, 7) is 2.29. The van der Waals surface area contributed by atoms with Crippen molar-refractivity contribution < 1.29 is 14.3 Å². The first-order valence-electron chi connectivity index (χ1n) is 6.69. The first-order chi connectivity index (χ1) is 9.26. The predicted octanol–water partition coefficient (Wildman–Crippen LogP) is 3.37. The van der Waals surface area contributed by atoms with E-state index in [0.717, 1.165) is 25.0 Å². The van der Waals surface area contributed by atoms with Gasteiger partial charge in [0.05, 0.1) is 19.5 Å². The Morgan fingerprint density at radius 1 is 1.47 bits per heavy atom. The molecule has 0 fully saturated rings. The van der Waals surface area contributed by atoms with Crippen LogP contribution in [0.1, 0.15) is 36.1 Å². The van der Waals surface area contributed by atoms with E-state index in [0.29, 0.717) is 17.6 Å². The Morgan fingerprint density at radius 3 is 3.05 bits per heavy atom. The summed E-state index contributed by atoms with van der Waals surface area (Å²) >= 11 is 1.68. The number of thioether (sulfide) groups is 1. The standard InChI is InChI=1S/C15H20O3S/c1-3-18-15(16)10-19-14-9-5-6-11-12(14)7-4-8-13(11)17-2/h4,7-8,14H,3,5-6,9-10H2,1-2H3/t14-/m0/s1. The highest BCUT2D eigenvalue weighted by Gasteiger charge is 2.23. The maximum absolute atomic E-state index is 11.5. The number of benzene rings is 1. The molecule has 4 heteroatoms. The second-order valence-electron chi connectivity index (χ2n) is 4.52. The van der Waals surface area contributed by atoms with Crippen molar-refractivity contribution in [2.24, 2.45) is 0 Å². The molecule has 0 bridgehead atoms. The van der Waals surface area contributed by atoms with Gasteiger partial charge in [-0.15, -0.1) is 11.8 Å². The van der Waals surface area contributed by atoms with Crippen molar-refractivity contribution in [2.45, 2.75) is 31.4 Å². The summed E-state index contributed by atoms with van der Waals surface area (Å²) in [5.74, 6) is 1.27. The normalized spacial score (nSPS) is 17.7. The minimum atomic E-state index is -0.123. The van der Waals surface area contributed by atoms with Crippen LogP contribution in [0, 0.1) is 0 Å². The number of fused-ring (bicyclic) bond motifs is 1. The zero-order chi connectivity index (χ0) is 13.7. The Kier molecular flexibility index (Phi) is 5.14. The highest BCUT2D eigenvalue weighted by atomic mass is 32.2. The fraction of sp³-hybridized carbons (Fsp3) is 0.533. The number of hydrogen-bond donors (Lipinski definition) is 0. The molecule has 104 valence electrons. The Hall–Kier alpha value is -1.16. The molecule has 0 aromatic heterocycles. The molecule has 0 N–H and O–H groups in total. The monoisotopic (exact) mass is 280 g/mol. The van der Waals surface area contributed by atoms with Crippen LogP contribution in [0.3, 0.4) is 0 Å². The number of carbonyl (C=O) groups excluding carboxylic acids is 1. The van der Waals surface area contributed by atoms with Gasteiger partial charge in [0.15, 0.2) is 0 Å². The zero-order valence-corrected chi connectivity index (χ0v) is 12.3. The summed E-state index contributed by atoms with van der Waals surface area (Å²) in [4.78, 5) is 11.5. The van der Waals surface area contributed by atoms with Crippen LogP contribution in [0.2, 0.25) is 0 Å². The molecule has 2 rings (SSSR count). The van der Waals surface area contributed by atoms with E-state index >= 15 is 0 Å². The summed E-state index contributed by atoms with van der Waals surface area (Å²) in [5, 5.41) is 0.378. The van der Waals surface area contributed by atoms with Crippen molar-refractivity contribution in [1.29, 1.82) is 0 Å². The van der Waals surface area contributed by atoms with Crippen LogP contribution in [0.15, 0.2) is 18.2 Å². The molecule has 1 atom stereocenters. The van der Waals surface area contributed by atoms with E-state index in [9.17, 15) is 4.79 Å². The third-order valence-corrected chi connectivity index (χ3v) is 4.63. The Balaban J connectivity index is 2.07. The number of ether oxygens (including phenoxy) is 2. The molecule has 0 amide bonds. The van der Waals surface area contributed by atoms with Gasteiger partial charge in [-0.05, 0) is 43.4 Å². The summed E-state index contributed by atoms with van der Waals surface area (Å²) < 4.78 is 10.4. The van der Waals surface area contributed by atoms with Crippen LogP contribution in [-0.4, -0.2) is 25.4 Å². The fourth-order valence-corrected chi connectivity index (χ4v) is 3.66. The molecule has 0 radical (unpaired) electrons. The second kappa shape index (κ2) is 6.85. The van der Waals surface area contributed by atoms with Gasteiger partial charge in [0, 0.05) is 5.25 Å². The molecule has 19 heavy (non-hydrogen) atoms. The molecule has 1 aromatic rings. The van der Waals surface area contributed by atoms with Gasteiger partial charge in [0.1, 0.15) is 5.75 Å². The average molecular weight is 280 g/mol. The summed E-state index contributed by atoms with van der Waals surface area (Å²) in [6, 6.07) is 6.19. The summed E-state index contributed by atoms with van der Waals surface area (Å²) in [6.07, 6.45) is 3.33. The van der Waals surface area contributed by atoms with E-state index in [2.05, 4.69) is 6.07 Å². The smallest absolute Gasteiger partial charge is 0.315 e. The number of rotatable bonds is 5. The van der Waals surface area contributed by atoms with Crippen molar-refractivity contribution >= 4 is 17.7 Å². The third kappa shape index (κ3) is 3.44. The average Bonchev–Trinajstić information content (AvgIpc) is 2.44. The predicted molar refractivity (Wildman–Crippen MR) is 77.8 cm³/mol. The first-order valence-corrected chi connectivity index (χ1v) is 7.74. The van der Waals surface area contributed by atoms with Crippen molar-refractivity contribution in [3.8, 4) is 5.75 Å². The minimum absolute atomic E-state index is 0.123. The lowest BCUT2D eigenvalue weighted by Crippen LogP contribution is -2.12. The van der Waals surface area contributed by atoms with Crippen molar-refractivity contribution in [3.05, 3.63) is 29.3 Å². The summed E-state index contributed by atoms with van der Waals surface area (Å²) in [7, 11) is 1.71. The number of esters is 1. The molecule has 1 aromatic carbocycles. The van der Waals surface area contributed by atoms with Gasteiger partial charge >= 0.3 is 5.97 Å². The molecule has 0 saturated carbocycles. The van der Waals surface area contributed by atoms with Crippen molar-refractivity contribution in [1.82, 2.24) is 0 Å². The van der Waals surface area contributed by atoms with Crippen LogP contribution in [0.25, 0.3) is 0 Å². The highest BCUT2D eigenvalue weighted by Crippen LogP contribution is 2.42. The van der Waals surface area contributed by atoms with Crippen LogP contribution in [-0.2, 0) is 16.0 Å². The molecular weight excluding hydrogens is 260 g/mol. The Morgan fingerprint density at radius 2 is 2.32 bits per heavy atom. The highest BCUT2D eigenvalue weighted by molar-refractivity contribution is 8.00. The quantitative estimate of drug-likeness (QED) is 0.775. The van der Waals surface area contributed by atoms with Gasteiger partial charge in [-0.1, -0.05) is 12.1 Å². The van der Waals surface area contributed by atoms with Gasteiger partial charge in [-0.2, -0.15) is 0 Å². The largest absolute Gasteiger partial charge is 0.496 e. The van der Waals surface area contributed by atoms with Gasteiger partial charge < -0.3 is 9.47 Å². The van der Waals surface area contributed by atoms with E-state index in [1.807, 2.05) is 19.1 Å². The molecule has 0 saturated heterocycles. The second-order valence-corrected chi connectivity index (χ2v) is 5.72. The third-order valence-electron chi connectivity index (χ3n) is 3.34. The first kappa shape index (κ1) is 14.3. The lowest BCUT2D eigenvalue weighted by molar-refractivity contribution is -0.139. The van der Waals surface area contributed by atoms with E-state index in [-0.39, 0.29) is 5.97 Å². The molecule has 0 aliphatic heterocycles. The maximum atomic E-state index is 11.5. The van der Waals surface area contributed by atoms with E-state index in [4.69, 9.17) is 9.47 Å². The van der Waals surface area contributed by atoms with E-state index < -0.39 is 0 Å². The SMILES string of the molecule is CCOC(=O)CS[C@H]1CCCc2c(OC)cccc21. The minimum Gasteiger partial charge on any atom is -0.496 e. The van der Waals surface area contributed by atoms with Gasteiger partial charge in [0.25, 0.3) is 0 Å². The Labute approximate surface area is 118 Å². The van der Waals surface area contributed by atoms with E-state index in [1.54, 1.807) is 18.9 Å². The van der Waals surface area contributed by atoms with Gasteiger partial charge in [-0.3, -0.25) is 4.79 Å². The molecule has 0 heterocycles. The lowest BCUT2D eigenvalue weighted by Gasteiger charge is -2.26. The fourth-order valence-electron chi connectivity index (χ4n) is 2.51. The van der Waals surface area contributed by atoms with Crippen LogP contribution >= 0.6 is 11.8 Å². The van der Waals surface area contributed by atoms with Gasteiger partial charge in [0.2, 0.25) is 0 Å². The molecule has 0 unspecified atom stereocenters. The van der Waals surface area contributed by atoms with Gasteiger partial charge in [-0.25, -0.2) is 0 Å². The molecule has 0 spiro atoms. The van der Waals surface area contributed by atoms with Crippen LogP contribution < -0.4 is 4.74 Å². The Bertz CT molecular complexity index is 445. The topological polar surface area (TPSA) is 35.5 Å². The molecule has 3 nitrogen and oxygen atoms in total. The number of hydrogen-bond acceptors (Lipinski definition) is 4. The lowest BCUT2D eigenvalue weighted by atomic mass is 9.90. The maximum Gasteiger partial charge on any atom is 0.315 e.